The number of halogens is 1. The first-order chi connectivity index (χ1) is 8.72. The van der Waals surface area contributed by atoms with Crippen molar-refractivity contribution >= 4 is 0 Å². The minimum Gasteiger partial charge on any atom is -0.484 e. The maximum Gasteiger partial charge on any atom is 0.134 e. The van der Waals surface area contributed by atoms with Crippen LogP contribution in [-0.2, 0) is 4.74 Å². The van der Waals surface area contributed by atoms with E-state index in [1.165, 1.54) is 6.07 Å². The largest absolute Gasteiger partial charge is 0.484 e. The highest BCUT2D eigenvalue weighted by Crippen LogP contribution is 2.43. The number of rotatable bonds is 1. The third kappa shape index (κ3) is 1.99. The van der Waals surface area contributed by atoms with Crippen LogP contribution < -0.4 is 10.1 Å². The zero-order valence-corrected chi connectivity index (χ0v) is 10.5. The number of hydrogen-bond acceptors (Lipinski definition) is 3. The van der Waals surface area contributed by atoms with Gasteiger partial charge in [0.05, 0.1) is 6.61 Å². The highest BCUT2D eigenvalue weighted by atomic mass is 19.1. The van der Waals surface area contributed by atoms with Gasteiger partial charge in [-0.3, -0.25) is 0 Å². The van der Waals surface area contributed by atoms with Crippen molar-refractivity contribution in [3.05, 3.63) is 29.6 Å². The Kier molecular flexibility index (Phi) is 2.99. The Balaban J connectivity index is 1.96. The number of fused-ring (bicyclic) bond motifs is 1. The summed E-state index contributed by atoms with van der Waals surface area (Å²) >= 11 is 0. The highest BCUT2D eigenvalue weighted by molar-refractivity contribution is 5.39. The van der Waals surface area contributed by atoms with Crippen LogP contribution in [0.3, 0.4) is 0 Å². The first-order valence-corrected chi connectivity index (χ1v) is 6.46. The molecule has 2 unspecified atom stereocenters. The van der Waals surface area contributed by atoms with Gasteiger partial charge in [-0.2, -0.15) is 0 Å². The van der Waals surface area contributed by atoms with Crippen molar-refractivity contribution in [1.29, 1.82) is 0 Å². The molecule has 0 aliphatic carbocycles. The average molecular weight is 251 g/mol. The van der Waals surface area contributed by atoms with Crippen molar-refractivity contribution in [2.45, 2.75) is 30.9 Å². The fraction of sp³-hybridized carbons (Fsp3) is 0.571. The number of nitrogens with one attached hydrogen (secondary N) is 1. The van der Waals surface area contributed by atoms with E-state index in [-0.39, 0.29) is 17.5 Å². The molecule has 0 amide bonds. The van der Waals surface area contributed by atoms with Crippen LogP contribution in [0.25, 0.3) is 0 Å². The maximum absolute atomic E-state index is 13.3. The number of ether oxygens (including phenoxy) is 2. The van der Waals surface area contributed by atoms with Gasteiger partial charge in [0, 0.05) is 24.6 Å². The van der Waals surface area contributed by atoms with E-state index in [0.717, 1.165) is 37.2 Å². The molecule has 0 aromatic heterocycles. The van der Waals surface area contributed by atoms with Gasteiger partial charge in [-0.05, 0) is 38.1 Å². The molecule has 1 N–H and O–H groups in total. The molecular weight excluding hydrogens is 233 g/mol. The molecule has 0 radical (unpaired) electrons. The van der Waals surface area contributed by atoms with Crippen molar-refractivity contribution in [3.8, 4) is 5.75 Å². The Morgan fingerprint density at radius 1 is 1.44 bits per heavy atom. The summed E-state index contributed by atoms with van der Waals surface area (Å²) < 4.78 is 25.0. The van der Waals surface area contributed by atoms with Gasteiger partial charge in [-0.1, -0.05) is 0 Å². The van der Waals surface area contributed by atoms with E-state index in [9.17, 15) is 4.39 Å². The molecule has 1 fully saturated rings. The number of hydrogen-bond donors (Lipinski definition) is 1. The summed E-state index contributed by atoms with van der Waals surface area (Å²) in [5.74, 6) is 0.570. The summed E-state index contributed by atoms with van der Waals surface area (Å²) in [7, 11) is 1.90. The van der Waals surface area contributed by atoms with E-state index < -0.39 is 0 Å². The van der Waals surface area contributed by atoms with Crippen LogP contribution in [0.5, 0.6) is 5.75 Å². The van der Waals surface area contributed by atoms with E-state index in [4.69, 9.17) is 9.47 Å². The summed E-state index contributed by atoms with van der Waals surface area (Å²) in [5, 5.41) is 3.26. The van der Waals surface area contributed by atoms with Gasteiger partial charge in [0.1, 0.15) is 17.2 Å². The molecule has 3 rings (SSSR count). The van der Waals surface area contributed by atoms with Gasteiger partial charge in [0.15, 0.2) is 0 Å². The van der Waals surface area contributed by atoms with Crippen LogP contribution in [-0.4, -0.2) is 25.9 Å². The van der Waals surface area contributed by atoms with Gasteiger partial charge in [0.25, 0.3) is 0 Å². The second-order valence-corrected chi connectivity index (χ2v) is 5.17. The molecule has 0 bridgehead atoms. The molecule has 1 saturated heterocycles. The minimum atomic E-state index is -0.239. The topological polar surface area (TPSA) is 30.5 Å². The summed E-state index contributed by atoms with van der Waals surface area (Å²) in [6.07, 6.45) is 2.86. The highest BCUT2D eigenvalue weighted by Gasteiger charge is 2.42. The van der Waals surface area contributed by atoms with E-state index in [1.807, 2.05) is 7.05 Å². The predicted octanol–water partition coefficient (Wildman–Crippen LogP) is 2.42. The van der Waals surface area contributed by atoms with Gasteiger partial charge in [-0.25, -0.2) is 4.39 Å². The Morgan fingerprint density at radius 2 is 2.33 bits per heavy atom. The van der Waals surface area contributed by atoms with Crippen LogP contribution in [0.4, 0.5) is 4.39 Å². The van der Waals surface area contributed by atoms with Crippen molar-refractivity contribution in [3.63, 3.8) is 0 Å². The van der Waals surface area contributed by atoms with Crippen molar-refractivity contribution < 1.29 is 13.9 Å². The van der Waals surface area contributed by atoms with E-state index in [0.29, 0.717) is 6.61 Å². The smallest absolute Gasteiger partial charge is 0.134 e. The first-order valence-electron chi connectivity index (χ1n) is 6.46. The van der Waals surface area contributed by atoms with Crippen molar-refractivity contribution in [1.82, 2.24) is 5.32 Å². The normalized spacial score (nSPS) is 30.9. The summed E-state index contributed by atoms with van der Waals surface area (Å²) in [6, 6.07) is 4.87. The Bertz CT molecular complexity index is 443. The number of benzene rings is 1. The molecular formula is C14H18FNO2. The van der Waals surface area contributed by atoms with Crippen LogP contribution in [0, 0.1) is 5.82 Å². The van der Waals surface area contributed by atoms with Crippen LogP contribution in [0.1, 0.15) is 30.9 Å². The molecule has 98 valence electrons. The third-order valence-corrected chi connectivity index (χ3v) is 3.88. The van der Waals surface area contributed by atoms with Gasteiger partial charge >= 0.3 is 0 Å². The van der Waals surface area contributed by atoms with Crippen molar-refractivity contribution in [2.75, 3.05) is 20.3 Å². The van der Waals surface area contributed by atoms with Crippen LogP contribution >= 0.6 is 0 Å². The summed E-state index contributed by atoms with van der Waals surface area (Å²) in [5.41, 5.74) is 0.672. The average Bonchev–Trinajstić information content (AvgIpc) is 2.39. The second kappa shape index (κ2) is 4.52. The quantitative estimate of drug-likeness (QED) is 0.831. The lowest BCUT2D eigenvalue weighted by atomic mass is 9.83. The van der Waals surface area contributed by atoms with E-state index >= 15 is 0 Å². The van der Waals surface area contributed by atoms with E-state index in [2.05, 4.69) is 5.32 Å². The zero-order valence-electron chi connectivity index (χ0n) is 10.5. The molecule has 2 heterocycles. The maximum atomic E-state index is 13.3. The Morgan fingerprint density at radius 3 is 3.06 bits per heavy atom. The first kappa shape index (κ1) is 11.9. The van der Waals surface area contributed by atoms with Crippen LogP contribution in [0.15, 0.2) is 18.2 Å². The molecule has 0 saturated carbocycles. The lowest BCUT2D eigenvalue weighted by Crippen LogP contribution is -2.49. The molecule has 18 heavy (non-hydrogen) atoms. The molecule has 2 aliphatic heterocycles. The fourth-order valence-electron chi connectivity index (χ4n) is 2.97. The predicted molar refractivity (Wildman–Crippen MR) is 66.2 cm³/mol. The van der Waals surface area contributed by atoms with Crippen molar-refractivity contribution in [2.24, 2.45) is 0 Å². The zero-order chi connectivity index (χ0) is 12.6. The Labute approximate surface area is 106 Å². The van der Waals surface area contributed by atoms with Crippen LogP contribution in [0.2, 0.25) is 0 Å². The van der Waals surface area contributed by atoms with Gasteiger partial charge in [0.2, 0.25) is 0 Å². The molecule has 1 aromatic carbocycles. The van der Waals surface area contributed by atoms with Gasteiger partial charge in [-0.15, -0.1) is 0 Å². The molecule has 1 spiro atoms. The third-order valence-electron chi connectivity index (χ3n) is 3.88. The summed E-state index contributed by atoms with van der Waals surface area (Å²) in [4.78, 5) is 0. The minimum absolute atomic E-state index is 0.131. The van der Waals surface area contributed by atoms with E-state index in [1.54, 1.807) is 12.1 Å². The summed E-state index contributed by atoms with van der Waals surface area (Å²) in [6.45, 7) is 1.44. The SMILES string of the molecule is CNC1CC2(CCCOC2)Oc2ccc(F)cc21. The second-order valence-electron chi connectivity index (χ2n) is 5.17. The molecule has 4 heteroatoms. The lowest BCUT2D eigenvalue weighted by molar-refractivity contribution is -0.0852. The molecule has 3 nitrogen and oxygen atoms in total. The molecule has 2 aliphatic rings. The standard InChI is InChI=1S/C14H18FNO2/c1-16-12-8-14(5-2-6-17-9-14)18-13-4-3-10(15)7-11(12)13/h3-4,7,12,16H,2,5-6,8-9H2,1H3. The Hall–Kier alpha value is -1.13. The molecule has 1 aromatic rings. The van der Waals surface area contributed by atoms with Gasteiger partial charge < -0.3 is 14.8 Å². The monoisotopic (exact) mass is 251 g/mol. The molecule has 2 atom stereocenters. The fourth-order valence-corrected chi connectivity index (χ4v) is 2.97. The lowest BCUT2D eigenvalue weighted by Gasteiger charge is -2.44.